The van der Waals surface area contributed by atoms with Gasteiger partial charge in [-0.1, -0.05) is 15.9 Å². The molecule has 1 aromatic heterocycles. The Kier molecular flexibility index (Phi) is 2.32. The van der Waals surface area contributed by atoms with E-state index < -0.39 is 5.97 Å². The van der Waals surface area contributed by atoms with Crippen LogP contribution in [0.5, 0.6) is 5.75 Å². The third kappa shape index (κ3) is 1.66. The fraction of sp³-hybridized carbons (Fsp3) is 0. The lowest BCUT2D eigenvalue weighted by molar-refractivity contribution is 0.0696. The van der Waals surface area contributed by atoms with Crippen LogP contribution in [0.25, 0.3) is 10.9 Å². The van der Waals surface area contributed by atoms with E-state index in [1.807, 2.05) is 0 Å². The molecule has 76 valence electrons. The van der Waals surface area contributed by atoms with Crippen LogP contribution in [0.2, 0.25) is 0 Å². The molecule has 4 nitrogen and oxygen atoms in total. The van der Waals surface area contributed by atoms with Crippen molar-refractivity contribution in [2.45, 2.75) is 0 Å². The van der Waals surface area contributed by atoms with E-state index in [-0.39, 0.29) is 11.3 Å². The average Bonchev–Trinajstić information content (AvgIpc) is 2.16. The fourth-order valence-electron chi connectivity index (χ4n) is 1.38. The van der Waals surface area contributed by atoms with Crippen LogP contribution < -0.4 is 0 Å². The van der Waals surface area contributed by atoms with Crippen molar-refractivity contribution in [2.75, 3.05) is 0 Å². The lowest BCUT2D eigenvalue weighted by Crippen LogP contribution is -1.99. The second-order valence-electron chi connectivity index (χ2n) is 2.99. The van der Waals surface area contributed by atoms with Crippen LogP contribution >= 0.6 is 15.9 Å². The largest absolute Gasteiger partial charge is 0.505 e. The van der Waals surface area contributed by atoms with Gasteiger partial charge in [0.1, 0.15) is 11.3 Å². The number of rotatable bonds is 1. The van der Waals surface area contributed by atoms with Crippen LogP contribution in [0.4, 0.5) is 0 Å². The first-order valence-corrected chi connectivity index (χ1v) is 4.89. The minimum Gasteiger partial charge on any atom is -0.505 e. The van der Waals surface area contributed by atoms with E-state index in [0.29, 0.717) is 10.9 Å². The van der Waals surface area contributed by atoms with Gasteiger partial charge in [0.05, 0.1) is 11.7 Å². The van der Waals surface area contributed by atoms with Crippen LogP contribution in [0, 0.1) is 0 Å². The molecule has 0 unspecified atom stereocenters. The molecule has 1 aromatic carbocycles. The number of aromatic carboxylic acids is 1. The monoisotopic (exact) mass is 267 g/mol. The molecule has 15 heavy (non-hydrogen) atoms. The molecule has 2 rings (SSSR count). The number of aromatic nitrogens is 1. The number of benzene rings is 1. The summed E-state index contributed by atoms with van der Waals surface area (Å²) in [6.45, 7) is 0. The predicted octanol–water partition coefficient (Wildman–Crippen LogP) is 2.40. The molecule has 5 heteroatoms. The third-order valence-electron chi connectivity index (χ3n) is 2.02. The van der Waals surface area contributed by atoms with Crippen LogP contribution in [0.1, 0.15) is 10.4 Å². The lowest BCUT2D eigenvalue weighted by atomic mass is 10.1. The molecule has 0 bridgehead atoms. The van der Waals surface area contributed by atoms with Gasteiger partial charge >= 0.3 is 5.97 Å². The smallest absolute Gasteiger partial charge is 0.340 e. The van der Waals surface area contributed by atoms with E-state index in [0.717, 1.165) is 10.7 Å². The molecular formula is C10H6BrNO3. The van der Waals surface area contributed by atoms with Crippen molar-refractivity contribution in [3.05, 3.63) is 34.4 Å². The van der Waals surface area contributed by atoms with Crippen LogP contribution in [-0.2, 0) is 0 Å². The van der Waals surface area contributed by atoms with Crippen molar-refractivity contribution in [2.24, 2.45) is 0 Å². The zero-order valence-electron chi connectivity index (χ0n) is 7.44. The summed E-state index contributed by atoms with van der Waals surface area (Å²) in [6, 6.07) is 5.06. The Bertz CT molecular complexity index is 548. The molecule has 0 atom stereocenters. The van der Waals surface area contributed by atoms with Gasteiger partial charge in [-0.05, 0) is 18.2 Å². The standard InChI is InChI=1S/C10H6BrNO3/c11-5-1-2-7-6(3-5)9(10(14)15)8(13)4-12-7/h1-4,13H,(H,14,15). The molecule has 0 saturated carbocycles. The Balaban J connectivity index is 2.90. The van der Waals surface area contributed by atoms with Gasteiger partial charge in [-0.15, -0.1) is 0 Å². The maximum Gasteiger partial charge on any atom is 0.340 e. The summed E-state index contributed by atoms with van der Waals surface area (Å²) >= 11 is 3.24. The van der Waals surface area contributed by atoms with Gasteiger partial charge in [-0.25, -0.2) is 4.79 Å². The van der Waals surface area contributed by atoms with E-state index in [1.54, 1.807) is 18.2 Å². The number of carbonyl (C=O) groups is 1. The number of carboxylic acid groups (broad SMARTS) is 1. The minimum absolute atomic E-state index is 0.124. The molecule has 1 heterocycles. The molecule has 2 aromatic rings. The summed E-state index contributed by atoms with van der Waals surface area (Å²) in [7, 11) is 0. The topological polar surface area (TPSA) is 70.4 Å². The molecule has 0 amide bonds. The molecule has 0 aliphatic rings. The first-order valence-electron chi connectivity index (χ1n) is 4.10. The first-order chi connectivity index (χ1) is 7.09. The van der Waals surface area contributed by atoms with Gasteiger partial charge in [-0.3, -0.25) is 4.98 Å². The van der Waals surface area contributed by atoms with E-state index in [9.17, 15) is 9.90 Å². The van der Waals surface area contributed by atoms with Gasteiger partial charge < -0.3 is 10.2 Å². The summed E-state index contributed by atoms with van der Waals surface area (Å²) in [6.07, 6.45) is 1.14. The summed E-state index contributed by atoms with van der Waals surface area (Å²) in [4.78, 5) is 14.9. The van der Waals surface area contributed by atoms with Crippen molar-refractivity contribution in [3.63, 3.8) is 0 Å². The number of carboxylic acids is 1. The molecule has 0 aliphatic carbocycles. The molecule has 0 spiro atoms. The average molecular weight is 268 g/mol. The summed E-state index contributed by atoms with van der Waals surface area (Å²) in [5.74, 6) is -1.49. The molecule has 0 fully saturated rings. The number of pyridine rings is 1. The van der Waals surface area contributed by atoms with Crippen LogP contribution in [-0.4, -0.2) is 21.2 Å². The number of hydrogen-bond acceptors (Lipinski definition) is 3. The predicted molar refractivity (Wildman–Crippen MR) is 58.1 cm³/mol. The number of nitrogens with zero attached hydrogens (tertiary/aromatic N) is 1. The van der Waals surface area contributed by atoms with Crippen molar-refractivity contribution in [1.29, 1.82) is 0 Å². The van der Waals surface area contributed by atoms with Crippen LogP contribution in [0.3, 0.4) is 0 Å². The van der Waals surface area contributed by atoms with E-state index in [4.69, 9.17) is 5.11 Å². The summed E-state index contributed by atoms with van der Waals surface area (Å²) in [5, 5.41) is 18.8. The van der Waals surface area contributed by atoms with Crippen molar-refractivity contribution >= 4 is 32.8 Å². The maximum atomic E-state index is 10.9. The SMILES string of the molecule is O=C(O)c1c(O)cnc2ccc(Br)cc12. The van der Waals surface area contributed by atoms with E-state index >= 15 is 0 Å². The van der Waals surface area contributed by atoms with Gasteiger partial charge in [0.25, 0.3) is 0 Å². The number of halogens is 1. The molecule has 0 aliphatic heterocycles. The second kappa shape index (κ2) is 3.51. The Labute approximate surface area is 93.3 Å². The highest BCUT2D eigenvalue weighted by molar-refractivity contribution is 9.10. The number of hydrogen-bond donors (Lipinski definition) is 2. The molecule has 0 saturated heterocycles. The van der Waals surface area contributed by atoms with Gasteiger partial charge in [0.2, 0.25) is 0 Å². The Morgan fingerprint density at radius 2 is 2.13 bits per heavy atom. The van der Waals surface area contributed by atoms with Gasteiger partial charge in [0, 0.05) is 9.86 Å². The zero-order chi connectivity index (χ0) is 11.0. The highest BCUT2D eigenvalue weighted by Gasteiger charge is 2.14. The van der Waals surface area contributed by atoms with E-state index in [2.05, 4.69) is 20.9 Å². The number of aromatic hydroxyl groups is 1. The van der Waals surface area contributed by atoms with E-state index in [1.165, 1.54) is 0 Å². The first kappa shape index (κ1) is 9.92. The van der Waals surface area contributed by atoms with Gasteiger partial charge in [0.15, 0.2) is 0 Å². The molecular weight excluding hydrogens is 262 g/mol. The second-order valence-corrected chi connectivity index (χ2v) is 3.90. The Morgan fingerprint density at radius 1 is 1.40 bits per heavy atom. The quantitative estimate of drug-likeness (QED) is 0.833. The summed E-state index contributed by atoms with van der Waals surface area (Å²) < 4.78 is 0.741. The van der Waals surface area contributed by atoms with Crippen LogP contribution in [0.15, 0.2) is 28.9 Å². The highest BCUT2D eigenvalue weighted by atomic mass is 79.9. The lowest BCUT2D eigenvalue weighted by Gasteiger charge is -2.04. The Hall–Kier alpha value is -1.62. The summed E-state index contributed by atoms with van der Waals surface area (Å²) in [5.41, 5.74) is 0.412. The molecule has 0 radical (unpaired) electrons. The highest BCUT2D eigenvalue weighted by Crippen LogP contribution is 2.27. The van der Waals surface area contributed by atoms with Crippen molar-refractivity contribution in [1.82, 2.24) is 4.98 Å². The van der Waals surface area contributed by atoms with Crippen molar-refractivity contribution in [3.8, 4) is 5.75 Å². The molecule has 2 N–H and O–H groups in total. The minimum atomic E-state index is -1.17. The maximum absolute atomic E-state index is 10.9. The normalized spacial score (nSPS) is 10.5. The fourth-order valence-corrected chi connectivity index (χ4v) is 1.74. The Morgan fingerprint density at radius 3 is 2.80 bits per heavy atom. The number of fused-ring (bicyclic) bond motifs is 1. The zero-order valence-corrected chi connectivity index (χ0v) is 9.02. The van der Waals surface area contributed by atoms with Gasteiger partial charge in [-0.2, -0.15) is 0 Å². The van der Waals surface area contributed by atoms with Crippen molar-refractivity contribution < 1.29 is 15.0 Å². The third-order valence-corrected chi connectivity index (χ3v) is 2.52.